The highest BCUT2D eigenvalue weighted by Gasteiger charge is 2.19. The van der Waals surface area contributed by atoms with Crippen molar-refractivity contribution in [2.45, 2.75) is 24.2 Å². The Balaban J connectivity index is 1.68. The van der Waals surface area contributed by atoms with Crippen LogP contribution in [0.2, 0.25) is 10.0 Å². The number of anilines is 1. The molecule has 0 spiro atoms. The molecule has 0 aliphatic carbocycles. The highest BCUT2D eigenvalue weighted by molar-refractivity contribution is 7.99. The number of rotatable bonds is 7. The van der Waals surface area contributed by atoms with Crippen LogP contribution >= 0.6 is 35.0 Å². The average Bonchev–Trinajstić information content (AvgIpc) is 2.74. The summed E-state index contributed by atoms with van der Waals surface area (Å²) in [6, 6.07) is 23.0. The molecule has 152 valence electrons. The Kier molecular flexibility index (Phi) is 7.81. The van der Waals surface area contributed by atoms with Gasteiger partial charge in [-0.3, -0.25) is 4.79 Å². The van der Waals surface area contributed by atoms with E-state index in [4.69, 9.17) is 23.2 Å². The summed E-state index contributed by atoms with van der Waals surface area (Å²) in [5.41, 5.74) is 3.04. The van der Waals surface area contributed by atoms with Gasteiger partial charge >= 0.3 is 0 Å². The highest BCUT2D eigenvalue weighted by Crippen LogP contribution is 2.34. The number of halogens is 2. The molecule has 0 radical (unpaired) electrons. The van der Waals surface area contributed by atoms with Gasteiger partial charge in [0.25, 0.3) is 0 Å². The van der Waals surface area contributed by atoms with Gasteiger partial charge in [-0.2, -0.15) is 5.26 Å². The lowest BCUT2D eigenvalue weighted by molar-refractivity contribution is -0.115. The molecule has 3 aromatic rings. The standard InChI is InChI=1S/C24H20Cl2N2OS/c1-16-13-20(21(15-27)17-7-9-18(25)10-8-17)22(26)14-23(16)28-24(29)11-12-30-19-5-3-2-4-6-19/h2-10,13-14,21H,11-12H2,1H3,(H,28,29). The van der Waals surface area contributed by atoms with E-state index in [1.54, 1.807) is 30.0 Å². The van der Waals surface area contributed by atoms with Crippen molar-refractivity contribution in [1.82, 2.24) is 0 Å². The lowest BCUT2D eigenvalue weighted by Crippen LogP contribution is -2.13. The molecule has 30 heavy (non-hydrogen) atoms. The first-order valence-electron chi connectivity index (χ1n) is 9.40. The van der Waals surface area contributed by atoms with Crippen molar-refractivity contribution in [3.05, 3.63) is 93.5 Å². The summed E-state index contributed by atoms with van der Waals surface area (Å²) in [4.78, 5) is 13.5. The molecule has 3 nitrogen and oxygen atoms in total. The van der Waals surface area contributed by atoms with Gasteiger partial charge in [-0.05, 0) is 53.9 Å². The normalized spacial score (nSPS) is 11.5. The number of nitrogens with one attached hydrogen (secondary N) is 1. The minimum Gasteiger partial charge on any atom is -0.326 e. The third-order valence-electron chi connectivity index (χ3n) is 4.60. The molecule has 0 saturated carbocycles. The van der Waals surface area contributed by atoms with E-state index >= 15 is 0 Å². The maximum atomic E-state index is 12.4. The van der Waals surface area contributed by atoms with Crippen LogP contribution in [0, 0.1) is 18.3 Å². The highest BCUT2D eigenvalue weighted by atomic mass is 35.5. The van der Waals surface area contributed by atoms with Crippen molar-refractivity contribution >= 4 is 46.6 Å². The number of aryl methyl sites for hydroxylation is 1. The molecule has 1 atom stereocenters. The van der Waals surface area contributed by atoms with Crippen LogP contribution in [0.1, 0.15) is 29.0 Å². The van der Waals surface area contributed by atoms with E-state index in [1.165, 1.54) is 0 Å². The maximum Gasteiger partial charge on any atom is 0.225 e. The fourth-order valence-corrected chi connectivity index (χ4v) is 4.30. The van der Waals surface area contributed by atoms with Crippen molar-refractivity contribution in [2.75, 3.05) is 11.1 Å². The molecule has 1 N–H and O–H groups in total. The Morgan fingerprint density at radius 2 is 1.80 bits per heavy atom. The van der Waals surface area contributed by atoms with E-state index in [-0.39, 0.29) is 5.91 Å². The smallest absolute Gasteiger partial charge is 0.225 e. The number of carbonyl (C=O) groups excluding carboxylic acids is 1. The summed E-state index contributed by atoms with van der Waals surface area (Å²) >= 11 is 14.1. The summed E-state index contributed by atoms with van der Waals surface area (Å²) < 4.78 is 0. The summed E-state index contributed by atoms with van der Waals surface area (Å²) in [5.74, 6) is 0.105. The Morgan fingerprint density at radius 1 is 1.10 bits per heavy atom. The van der Waals surface area contributed by atoms with Crippen molar-refractivity contribution in [2.24, 2.45) is 0 Å². The fraction of sp³-hybridized carbons (Fsp3) is 0.167. The van der Waals surface area contributed by atoms with Gasteiger partial charge in [0.15, 0.2) is 0 Å². The van der Waals surface area contributed by atoms with Crippen LogP contribution in [0.5, 0.6) is 0 Å². The summed E-state index contributed by atoms with van der Waals surface area (Å²) in [6.45, 7) is 1.89. The molecule has 3 aromatic carbocycles. The number of thioether (sulfide) groups is 1. The van der Waals surface area contributed by atoms with E-state index in [0.29, 0.717) is 33.5 Å². The van der Waals surface area contributed by atoms with Gasteiger partial charge in [0.05, 0.1) is 12.0 Å². The van der Waals surface area contributed by atoms with E-state index in [0.717, 1.165) is 16.0 Å². The van der Waals surface area contributed by atoms with E-state index < -0.39 is 5.92 Å². The van der Waals surface area contributed by atoms with Gasteiger partial charge in [0.2, 0.25) is 5.91 Å². The Labute approximate surface area is 191 Å². The van der Waals surface area contributed by atoms with Gasteiger partial charge in [-0.1, -0.05) is 59.6 Å². The van der Waals surface area contributed by atoms with Crippen molar-refractivity contribution < 1.29 is 4.79 Å². The molecule has 3 rings (SSSR count). The van der Waals surface area contributed by atoms with Gasteiger partial charge in [0, 0.05) is 32.8 Å². The first-order chi connectivity index (χ1) is 14.5. The first kappa shape index (κ1) is 22.2. The zero-order valence-electron chi connectivity index (χ0n) is 16.4. The molecule has 0 fully saturated rings. The second-order valence-corrected chi connectivity index (χ2v) is 8.77. The third kappa shape index (κ3) is 5.79. The lowest BCUT2D eigenvalue weighted by Gasteiger charge is -2.16. The van der Waals surface area contributed by atoms with Crippen LogP contribution in [-0.2, 0) is 4.79 Å². The van der Waals surface area contributed by atoms with Gasteiger partial charge in [-0.25, -0.2) is 0 Å². The summed E-state index contributed by atoms with van der Waals surface area (Å²) in [7, 11) is 0. The van der Waals surface area contributed by atoms with Gasteiger partial charge < -0.3 is 5.32 Å². The quantitative estimate of drug-likeness (QED) is 0.388. The van der Waals surface area contributed by atoms with E-state index in [2.05, 4.69) is 11.4 Å². The molecule has 1 unspecified atom stereocenters. The van der Waals surface area contributed by atoms with Gasteiger partial charge in [-0.15, -0.1) is 11.8 Å². The second-order valence-electron chi connectivity index (χ2n) is 6.76. The minimum absolute atomic E-state index is 0.0696. The maximum absolute atomic E-state index is 12.4. The molecule has 1 amide bonds. The number of hydrogen-bond acceptors (Lipinski definition) is 3. The van der Waals surface area contributed by atoms with Crippen LogP contribution < -0.4 is 5.32 Å². The zero-order valence-corrected chi connectivity index (χ0v) is 18.7. The molecule has 6 heteroatoms. The predicted molar refractivity (Wildman–Crippen MR) is 126 cm³/mol. The van der Waals surface area contributed by atoms with Crippen molar-refractivity contribution in [1.29, 1.82) is 5.26 Å². The number of carbonyl (C=O) groups is 1. The molecule has 0 aliphatic rings. The van der Waals surface area contributed by atoms with Crippen LogP contribution in [0.25, 0.3) is 0 Å². The van der Waals surface area contributed by atoms with Crippen molar-refractivity contribution in [3.63, 3.8) is 0 Å². The molecular formula is C24H20Cl2N2OS. The Bertz CT molecular complexity index is 1060. The summed E-state index contributed by atoms with van der Waals surface area (Å²) in [5, 5.41) is 13.7. The first-order valence-corrected chi connectivity index (χ1v) is 11.1. The Hall–Kier alpha value is -2.45. The largest absolute Gasteiger partial charge is 0.326 e. The number of nitriles is 1. The van der Waals surface area contributed by atoms with Crippen LogP contribution in [0.15, 0.2) is 71.6 Å². The monoisotopic (exact) mass is 454 g/mol. The average molecular weight is 455 g/mol. The van der Waals surface area contributed by atoms with Crippen LogP contribution in [-0.4, -0.2) is 11.7 Å². The van der Waals surface area contributed by atoms with Crippen LogP contribution in [0.4, 0.5) is 5.69 Å². The fourth-order valence-electron chi connectivity index (χ4n) is 3.03. The third-order valence-corrected chi connectivity index (χ3v) is 6.20. The van der Waals surface area contributed by atoms with Crippen LogP contribution in [0.3, 0.4) is 0 Å². The number of amides is 1. The summed E-state index contributed by atoms with van der Waals surface area (Å²) in [6.07, 6.45) is 0.393. The Morgan fingerprint density at radius 3 is 2.47 bits per heavy atom. The predicted octanol–water partition coefficient (Wildman–Crippen LogP) is 7.08. The SMILES string of the molecule is Cc1cc(C(C#N)c2ccc(Cl)cc2)c(Cl)cc1NC(=O)CCSc1ccccc1. The number of hydrogen-bond donors (Lipinski definition) is 1. The van der Waals surface area contributed by atoms with E-state index in [1.807, 2.05) is 55.5 Å². The topological polar surface area (TPSA) is 52.9 Å². The lowest BCUT2D eigenvalue weighted by atomic mass is 9.91. The molecule has 0 saturated heterocycles. The van der Waals surface area contributed by atoms with Crippen molar-refractivity contribution in [3.8, 4) is 6.07 Å². The van der Waals surface area contributed by atoms with E-state index in [9.17, 15) is 10.1 Å². The van der Waals surface area contributed by atoms with Gasteiger partial charge in [0.1, 0.15) is 0 Å². The molecule has 0 heterocycles. The molecule has 0 aromatic heterocycles. The number of nitrogens with zero attached hydrogens (tertiary/aromatic N) is 1. The molecule has 0 aliphatic heterocycles. The minimum atomic E-state index is -0.513. The number of benzene rings is 3. The second kappa shape index (κ2) is 10.5. The molecule has 0 bridgehead atoms. The molecular weight excluding hydrogens is 435 g/mol. The zero-order chi connectivity index (χ0) is 21.5.